The largest absolute Gasteiger partial charge is 0.402 e. The van der Waals surface area contributed by atoms with Gasteiger partial charge < -0.3 is 4.18 Å². The highest BCUT2D eigenvalue weighted by Crippen LogP contribution is 2.31. The van der Waals surface area contributed by atoms with Crippen molar-refractivity contribution in [3.8, 4) is 0 Å². The number of hydrogen-bond acceptors (Lipinski definition) is 8. The highest BCUT2D eigenvalue weighted by Gasteiger charge is 2.60. The first-order valence-corrected chi connectivity index (χ1v) is 5.34. The van der Waals surface area contributed by atoms with Crippen LogP contribution in [0.3, 0.4) is 0 Å². The molecule has 0 bridgehead atoms. The second kappa shape index (κ2) is 3.32. The first kappa shape index (κ1) is 10.1. The maximum atomic E-state index is 11.2. The molecule has 0 amide bonds. The first-order valence-electron chi connectivity index (χ1n) is 3.34. The molecule has 8 nitrogen and oxygen atoms in total. The van der Waals surface area contributed by atoms with E-state index in [0.29, 0.717) is 0 Å². The van der Waals surface area contributed by atoms with Gasteiger partial charge in [-0.05, 0) is 7.05 Å². The number of rotatable bonds is 0. The van der Waals surface area contributed by atoms with E-state index in [0.717, 1.165) is 4.90 Å². The molecule has 0 aromatic rings. The third-order valence-corrected chi connectivity index (χ3v) is 2.92. The summed E-state index contributed by atoms with van der Waals surface area (Å²) in [4.78, 5) is 12.4. The summed E-state index contributed by atoms with van der Waals surface area (Å²) < 4.78 is 39.7. The van der Waals surface area contributed by atoms with Gasteiger partial charge in [0.05, 0.1) is 0 Å². The number of carbonyl (C=O) groups excluding carboxylic acids is 1. The van der Waals surface area contributed by atoms with Gasteiger partial charge in [-0.25, -0.2) is 13.9 Å². The third kappa shape index (κ3) is 1.39. The van der Waals surface area contributed by atoms with Crippen molar-refractivity contribution in [2.75, 3.05) is 13.8 Å². The Labute approximate surface area is 83.8 Å². The van der Waals surface area contributed by atoms with E-state index < -0.39 is 34.6 Å². The quantitative estimate of drug-likeness (QED) is 0.497. The van der Waals surface area contributed by atoms with E-state index in [1.807, 2.05) is 0 Å². The molecule has 0 saturated carbocycles. The molecule has 80 valence electrons. The van der Waals surface area contributed by atoms with Crippen molar-refractivity contribution in [1.82, 2.24) is 4.90 Å². The summed E-state index contributed by atoms with van der Waals surface area (Å²) in [5.41, 5.74) is 0. The molecule has 0 aromatic carbocycles. The zero-order valence-corrected chi connectivity index (χ0v) is 8.46. The van der Waals surface area contributed by atoms with Crippen LogP contribution in [0.2, 0.25) is 0 Å². The van der Waals surface area contributed by atoms with Gasteiger partial charge in [-0.15, -0.1) is 0 Å². The second-order valence-electron chi connectivity index (χ2n) is 2.47. The highest BCUT2D eigenvalue weighted by atomic mass is 32.2. The topological polar surface area (TPSA) is 91.4 Å². The number of hydrogen-bond donors (Lipinski definition) is 0. The molecule has 1 spiro atoms. The lowest BCUT2D eigenvalue weighted by Crippen LogP contribution is -2.57. The van der Waals surface area contributed by atoms with Crippen molar-refractivity contribution >= 4 is 28.7 Å². The summed E-state index contributed by atoms with van der Waals surface area (Å²) in [5, 5.41) is 0. The normalized spacial score (nSPS) is 44.2. The van der Waals surface area contributed by atoms with Gasteiger partial charge in [0.1, 0.15) is 6.73 Å². The molecule has 14 heavy (non-hydrogen) atoms. The van der Waals surface area contributed by atoms with Crippen molar-refractivity contribution in [2.24, 2.45) is 0 Å². The predicted molar refractivity (Wildman–Crippen MR) is 41.0 cm³/mol. The highest BCUT2D eigenvalue weighted by molar-refractivity contribution is 7.76. The Morgan fingerprint density at radius 3 is 2.57 bits per heavy atom. The van der Waals surface area contributed by atoms with Crippen molar-refractivity contribution in [2.45, 2.75) is 5.91 Å². The molecular formula is C4H5NO7S2. The van der Waals surface area contributed by atoms with E-state index in [-0.39, 0.29) is 6.73 Å². The van der Waals surface area contributed by atoms with Crippen LogP contribution in [0.1, 0.15) is 0 Å². The molecule has 0 radical (unpaired) electrons. The molecule has 3 unspecified atom stereocenters. The summed E-state index contributed by atoms with van der Waals surface area (Å²) in [5.74, 6) is -3.04. The number of likely N-dealkylation sites (N-methyl/N-ethyl adjacent to an activating group) is 1. The van der Waals surface area contributed by atoms with E-state index in [9.17, 15) is 13.2 Å². The number of carbonyl (C=O) groups is 1. The Morgan fingerprint density at radius 2 is 2.00 bits per heavy atom. The molecule has 2 aliphatic rings. The second-order valence-corrected chi connectivity index (χ2v) is 4.02. The molecule has 10 heteroatoms. The molecule has 2 heterocycles. The van der Waals surface area contributed by atoms with Gasteiger partial charge in [-0.2, -0.15) is 12.6 Å². The first-order chi connectivity index (χ1) is 6.54. The minimum atomic E-state index is -2.23. The Morgan fingerprint density at radius 1 is 1.36 bits per heavy atom. The summed E-state index contributed by atoms with van der Waals surface area (Å²) in [7, 11) is 1.40. The monoisotopic (exact) mass is 243 g/mol. The Kier molecular flexibility index (Phi) is 2.41. The Bertz CT molecular complexity index is 332. The maximum Gasteiger partial charge on any atom is 0.402 e. The van der Waals surface area contributed by atoms with Gasteiger partial charge in [-0.3, -0.25) is 4.18 Å². The van der Waals surface area contributed by atoms with Crippen LogP contribution < -0.4 is 0 Å². The van der Waals surface area contributed by atoms with Crippen molar-refractivity contribution < 1.29 is 29.9 Å². The van der Waals surface area contributed by atoms with Crippen molar-refractivity contribution in [3.63, 3.8) is 0 Å². The van der Waals surface area contributed by atoms with Crippen molar-refractivity contribution in [3.05, 3.63) is 0 Å². The van der Waals surface area contributed by atoms with Crippen LogP contribution in [-0.4, -0.2) is 39.0 Å². The maximum absolute atomic E-state index is 11.2. The van der Waals surface area contributed by atoms with E-state index in [2.05, 4.69) is 16.7 Å². The minimum absolute atomic E-state index is 0.168. The van der Waals surface area contributed by atoms with Crippen LogP contribution in [0.15, 0.2) is 0 Å². The smallest absolute Gasteiger partial charge is 0.337 e. The standard InChI is InChI=1S/C4H5NO7S2/c1-5-2-9-13(7)11-4(5)3(6)10-14(8)12-4/h2H2,1H3. The summed E-state index contributed by atoms with van der Waals surface area (Å²) in [6, 6.07) is 0. The van der Waals surface area contributed by atoms with Gasteiger partial charge in [0.15, 0.2) is 0 Å². The minimum Gasteiger partial charge on any atom is -0.337 e. The molecule has 0 N–H and O–H groups in total. The summed E-state index contributed by atoms with van der Waals surface area (Å²) in [6.45, 7) is -0.168. The van der Waals surface area contributed by atoms with Crippen LogP contribution in [0.5, 0.6) is 0 Å². The third-order valence-electron chi connectivity index (χ3n) is 1.61. The molecule has 2 rings (SSSR count). The lowest BCUT2D eigenvalue weighted by atomic mass is 10.4. The van der Waals surface area contributed by atoms with Gasteiger partial charge in [0.25, 0.3) is 0 Å². The lowest BCUT2D eigenvalue weighted by molar-refractivity contribution is -0.231. The molecule has 2 fully saturated rings. The molecule has 0 aliphatic carbocycles. The van der Waals surface area contributed by atoms with Crippen LogP contribution in [-0.2, 0) is 44.2 Å². The summed E-state index contributed by atoms with van der Waals surface area (Å²) in [6.07, 6.45) is 0. The van der Waals surface area contributed by atoms with E-state index in [1.165, 1.54) is 7.05 Å². The van der Waals surface area contributed by atoms with E-state index in [4.69, 9.17) is 0 Å². The van der Waals surface area contributed by atoms with Crippen LogP contribution in [0, 0.1) is 0 Å². The van der Waals surface area contributed by atoms with Crippen molar-refractivity contribution in [1.29, 1.82) is 0 Å². The van der Waals surface area contributed by atoms with Crippen LogP contribution >= 0.6 is 0 Å². The summed E-state index contributed by atoms with van der Waals surface area (Å²) >= 11 is -4.36. The van der Waals surface area contributed by atoms with Gasteiger partial charge in [0.2, 0.25) is 0 Å². The van der Waals surface area contributed by atoms with E-state index >= 15 is 0 Å². The van der Waals surface area contributed by atoms with Crippen LogP contribution in [0.4, 0.5) is 0 Å². The molecular weight excluding hydrogens is 238 g/mol. The zero-order valence-electron chi connectivity index (χ0n) is 6.83. The molecule has 0 aromatic heterocycles. The molecule has 2 saturated heterocycles. The lowest BCUT2D eigenvalue weighted by Gasteiger charge is -2.33. The Balaban J connectivity index is 2.32. The number of nitrogens with zero attached hydrogens (tertiary/aromatic N) is 1. The van der Waals surface area contributed by atoms with Gasteiger partial charge in [0, 0.05) is 0 Å². The fourth-order valence-corrected chi connectivity index (χ4v) is 2.34. The zero-order chi connectivity index (χ0) is 10.3. The Hall–Kier alpha value is -0.390. The fraction of sp³-hybridized carbons (Fsp3) is 0.750. The average molecular weight is 243 g/mol. The SMILES string of the molecule is CN1COS(=O)OC12OS(=O)OC2=O. The van der Waals surface area contributed by atoms with E-state index in [1.54, 1.807) is 0 Å². The molecule has 2 aliphatic heterocycles. The predicted octanol–water partition coefficient (Wildman–Crippen LogP) is -1.69. The van der Waals surface area contributed by atoms with Crippen LogP contribution in [0.25, 0.3) is 0 Å². The molecule has 3 atom stereocenters. The van der Waals surface area contributed by atoms with Gasteiger partial charge in [-0.1, -0.05) is 0 Å². The average Bonchev–Trinajstić information content (AvgIpc) is 2.36. The van der Waals surface area contributed by atoms with Gasteiger partial charge >= 0.3 is 34.6 Å². The fourth-order valence-electron chi connectivity index (χ4n) is 0.912.